The van der Waals surface area contributed by atoms with Crippen molar-refractivity contribution in [2.45, 2.75) is 50.5 Å². The highest BCUT2D eigenvalue weighted by Gasteiger charge is 2.24. The molecule has 2 unspecified atom stereocenters. The highest BCUT2D eigenvalue weighted by Crippen LogP contribution is 2.27. The Bertz CT molecular complexity index is 457. The van der Waals surface area contributed by atoms with Crippen LogP contribution in [0.2, 0.25) is 0 Å². The number of nitrogens with zero attached hydrogens (tertiary/aromatic N) is 1. The summed E-state index contributed by atoms with van der Waals surface area (Å²) in [6.07, 6.45) is 8.56. The van der Waals surface area contributed by atoms with Crippen LogP contribution in [0.25, 0.3) is 0 Å². The van der Waals surface area contributed by atoms with E-state index in [4.69, 9.17) is 9.15 Å². The zero-order valence-corrected chi connectivity index (χ0v) is 17.8. The summed E-state index contributed by atoms with van der Waals surface area (Å²) in [7, 11) is 0. The first-order chi connectivity index (χ1) is 11.3. The molecule has 1 heterocycles. The highest BCUT2D eigenvalue weighted by atomic mass is 127. The number of hydrogen-bond acceptors (Lipinski definition) is 4. The van der Waals surface area contributed by atoms with Crippen LogP contribution < -0.4 is 10.6 Å². The van der Waals surface area contributed by atoms with Gasteiger partial charge >= 0.3 is 0 Å². The molecule has 5 nitrogen and oxygen atoms in total. The third-order valence-corrected chi connectivity index (χ3v) is 5.04. The number of furan rings is 1. The van der Waals surface area contributed by atoms with Crippen LogP contribution in [0.5, 0.6) is 0 Å². The van der Waals surface area contributed by atoms with Crippen molar-refractivity contribution in [3.8, 4) is 0 Å². The van der Waals surface area contributed by atoms with E-state index in [2.05, 4.69) is 28.8 Å². The molecule has 2 N–H and O–H groups in total. The fourth-order valence-electron chi connectivity index (χ4n) is 2.72. The molecular formula is C17H30IN3O2S. The van der Waals surface area contributed by atoms with Gasteiger partial charge in [0, 0.05) is 31.0 Å². The third kappa shape index (κ3) is 8.11. The Morgan fingerprint density at radius 1 is 1.46 bits per heavy atom. The molecule has 138 valence electrons. The molecule has 1 aromatic rings. The van der Waals surface area contributed by atoms with Gasteiger partial charge in [-0.05, 0) is 51.0 Å². The second-order valence-corrected chi connectivity index (χ2v) is 6.90. The maximum absolute atomic E-state index is 5.58. The predicted octanol–water partition coefficient (Wildman–Crippen LogP) is 3.64. The summed E-state index contributed by atoms with van der Waals surface area (Å²) >= 11 is 1.98. The number of nitrogens with one attached hydrogen (secondary N) is 2. The topological polar surface area (TPSA) is 58.8 Å². The molecule has 1 aliphatic rings. The van der Waals surface area contributed by atoms with Crippen molar-refractivity contribution in [3.63, 3.8) is 0 Å². The first kappa shape index (κ1) is 21.6. The predicted molar refractivity (Wildman–Crippen MR) is 112 cm³/mol. The standard InChI is InChI=1S/C17H29N3O2S.HI/c1-3-18-17(20-14-7-8-16(12-14)23-2)19-9-5-10-21-13-15-6-4-11-22-15;/h4,6,11,14,16H,3,5,7-10,12-13H2,1-2H3,(H2,18,19,20);1H. The molecule has 0 bridgehead atoms. The largest absolute Gasteiger partial charge is 0.467 e. The minimum Gasteiger partial charge on any atom is -0.467 e. The lowest BCUT2D eigenvalue weighted by molar-refractivity contribution is 0.105. The molecule has 1 aromatic heterocycles. The quantitative estimate of drug-likeness (QED) is 0.251. The van der Waals surface area contributed by atoms with Crippen molar-refractivity contribution < 1.29 is 9.15 Å². The van der Waals surface area contributed by atoms with Gasteiger partial charge in [-0.1, -0.05) is 0 Å². The normalized spacial score (nSPS) is 20.7. The minimum atomic E-state index is 0. The van der Waals surface area contributed by atoms with Gasteiger partial charge in [-0.2, -0.15) is 11.8 Å². The Kier molecular flexibility index (Phi) is 11.6. The van der Waals surface area contributed by atoms with Gasteiger partial charge in [0.1, 0.15) is 12.4 Å². The Labute approximate surface area is 166 Å². The second kappa shape index (κ2) is 12.9. The second-order valence-electron chi connectivity index (χ2n) is 5.76. The molecule has 0 saturated heterocycles. The van der Waals surface area contributed by atoms with Gasteiger partial charge in [-0.3, -0.25) is 4.99 Å². The number of thioether (sulfide) groups is 1. The van der Waals surface area contributed by atoms with Crippen molar-refractivity contribution in [1.82, 2.24) is 10.6 Å². The SMILES string of the molecule is CCNC(=NCCCOCc1ccco1)NC1CCC(SC)C1.I. The molecule has 1 aliphatic carbocycles. The van der Waals surface area contributed by atoms with Crippen molar-refractivity contribution in [1.29, 1.82) is 0 Å². The van der Waals surface area contributed by atoms with Crippen LogP contribution in [0.4, 0.5) is 0 Å². The fraction of sp³-hybridized carbons (Fsp3) is 0.706. The van der Waals surface area contributed by atoms with Gasteiger partial charge in [0.2, 0.25) is 0 Å². The lowest BCUT2D eigenvalue weighted by Gasteiger charge is -2.17. The molecule has 2 rings (SSSR count). The van der Waals surface area contributed by atoms with Gasteiger partial charge in [-0.25, -0.2) is 0 Å². The monoisotopic (exact) mass is 467 g/mol. The number of hydrogen-bond donors (Lipinski definition) is 2. The zero-order chi connectivity index (χ0) is 16.3. The van der Waals surface area contributed by atoms with Crippen molar-refractivity contribution in [2.24, 2.45) is 4.99 Å². The Morgan fingerprint density at radius 2 is 2.33 bits per heavy atom. The van der Waals surface area contributed by atoms with E-state index in [1.165, 1.54) is 19.3 Å². The Hall–Kier alpha value is -0.410. The van der Waals surface area contributed by atoms with Crippen LogP contribution in [-0.4, -0.2) is 43.2 Å². The van der Waals surface area contributed by atoms with E-state index in [1.54, 1.807) is 6.26 Å². The van der Waals surface area contributed by atoms with Gasteiger partial charge in [0.05, 0.1) is 6.26 Å². The summed E-state index contributed by atoms with van der Waals surface area (Å²) in [4.78, 5) is 4.65. The Morgan fingerprint density at radius 3 is 3.00 bits per heavy atom. The first-order valence-corrected chi connectivity index (χ1v) is 9.78. The summed E-state index contributed by atoms with van der Waals surface area (Å²) in [5.41, 5.74) is 0. The van der Waals surface area contributed by atoms with Crippen LogP contribution >= 0.6 is 35.7 Å². The summed E-state index contributed by atoms with van der Waals surface area (Å²) in [5.74, 6) is 1.80. The molecule has 1 fully saturated rings. The van der Waals surface area contributed by atoms with Gasteiger partial charge in [-0.15, -0.1) is 24.0 Å². The lowest BCUT2D eigenvalue weighted by atomic mass is 10.2. The molecule has 0 spiro atoms. The summed E-state index contributed by atoms with van der Waals surface area (Å²) < 4.78 is 10.8. The zero-order valence-electron chi connectivity index (χ0n) is 14.6. The molecule has 1 saturated carbocycles. The van der Waals surface area contributed by atoms with Crippen LogP contribution in [0.3, 0.4) is 0 Å². The molecule has 0 aromatic carbocycles. The van der Waals surface area contributed by atoms with Crippen molar-refractivity contribution in [2.75, 3.05) is 26.0 Å². The van der Waals surface area contributed by atoms with E-state index in [0.29, 0.717) is 19.3 Å². The molecule has 0 radical (unpaired) electrons. The van der Waals surface area contributed by atoms with Crippen LogP contribution in [0.15, 0.2) is 27.8 Å². The van der Waals surface area contributed by atoms with E-state index in [0.717, 1.165) is 36.5 Å². The molecule has 0 aliphatic heterocycles. The van der Waals surface area contributed by atoms with Gasteiger partial charge < -0.3 is 19.8 Å². The van der Waals surface area contributed by atoms with Crippen LogP contribution in [-0.2, 0) is 11.3 Å². The van der Waals surface area contributed by atoms with Crippen molar-refractivity contribution >= 4 is 41.7 Å². The average molecular weight is 467 g/mol. The molecule has 0 amide bonds. The van der Waals surface area contributed by atoms with Gasteiger partial charge in [0.15, 0.2) is 5.96 Å². The number of halogens is 1. The Balaban J connectivity index is 0.00000288. The van der Waals surface area contributed by atoms with E-state index in [1.807, 2.05) is 23.9 Å². The number of ether oxygens (including phenoxy) is 1. The molecule has 2 atom stereocenters. The summed E-state index contributed by atoms with van der Waals surface area (Å²) in [6, 6.07) is 4.36. The summed E-state index contributed by atoms with van der Waals surface area (Å²) in [5, 5.41) is 7.69. The minimum absolute atomic E-state index is 0. The molecular weight excluding hydrogens is 437 g/mol. The maximum Gasteiger partial charge on any atom is 0.191 e. The molecule has 24 heavy (non-hydrogen) atoms. The lowest BCUT2D eigenvalue weighted by Crippen LogP contribution is -2.42. The highest BCUT2D eigenvalue weighted by molar-refractivity contribution is 14.0. The average Bonchev–Trinajstić information content (AvgIpc) is 3.22. The fourth-order valence-corrected chi connectivity index (χ4v) is 3.52. The third-order valence-electron chi connectivity index (χ3n) is 3.94. The van der Waals surface area contributed by atoms with Gasteiger partial charge in [0.25, 0.3) is 0 Å². The number of rotatable bonds is 9. The smallest absolute Gasteiger partial charge is 0.191 e. The van der Waals surface area contributed by atoms with E-state index in [-0.39, 0.29) is 24.0 Å². The van der Waals surface area contributed by atoms with E-state index >= 15 is 0 Å². The van der Waals surface area contributed by atoms with Crippen LogP contribution in [0.1, 0.15) is 38.4 Å². The van der Waals surface area contributed by atoms with Crippen LogP contribution in [0, 0.1) is 0 Å². The maximum atomic E-state index is 5.58. The summed E-state index contributed by atoms with van der Waals surface area (Å²) in [6.45, 7) is 4.99. The van der Waals surface area contributed by atoms with E-state index < -0.39 is 0 Å². The number of aliphatic imine (C=N–C) groups is 1. The first-order valence-electron chi connectivity index (χ1n) is 8.49. The van der Waals surface area contributed by atoms with Crippen molar-refractivity contribution in [3.05, 3.63) is 24.2 Å². The van der Waals surface area contributed by atoms with E-state index in [9.17, 15) is 0 Å². The molecule has 7 heteroatoms. The number of guanidine groups is 1.